The van der Waals surface area contributed by atoms with E-state index >= 15 is 0 Å². The van der Waals surface area contributed by atoms with Crippen LogP contribution in [0.1, 0.15) is 60.8 Å². The van der Waals surface area contributed by atoms with Crippen LogP contribution in [0.25, 0.3) is 0 Å². The van der Waals surface area contributed by atoms with E-state index in [1.807, 2.05) is 20.8 Å². The molecule has 232 valence electrons. The van der Waals surface area contributed by atoms with Gasteiger partial charge in [-0.05, 0) is 25.2 Å². The number of amides is 3. The number of carboxylic acid groups (broad SMARTS) is 1. The molecule has 0 fully saturated rings. The molecule has 0 saturated carbocycles. The zero-order chi connectivity index (χ0) is 30.6. The highest BCUT2D eigenvalue weighted by Crippen LogP contribution is 2.33. The lowest BCUT2D eigenvalue weighted by Gasteiger charge is -2.32. The summed E-state index contributed by atoms with van der Waals surface area (Å²) in [7, 11) is 0. The van der Waals surface area contributed by atoms with Crippen molar-refractivity contribution >= 4 is 29.5 Å². The molecule has 0 radical (unpaired) electrons. The third-order valence-electron chi connectivity index (χ3n) is 5.27. The quantitative estimate of drug-likeness (QED) is 0.127. The number of carbonyl (C=O) groups is 5. The predicted octanol–water partition coefficient (Wildman–Crippen LogP) is 0.686. The number of carbonyl (C=O) groups excluding carboxylic acids is 4. The molecule has 0 bridgehead atoms. The largest absolute Gasteiger partial charge is 0.480 e. The van der Waals surface area contributed by atoms with Gasteiger partial charge in [0.15, 0.2) is 5.78 Å². The highest BCUT2D eigenvalue weighted by atomic mass is 16.5. The Morgan fingerprint density at radius 2 is 1.23 bits per heavy atom. The summed E-state index contributed by atoms with van der Waals surface area (Å²) in [6, 6.07) is -1.16. The lowest BCUT2D eigenvalue weighted by molar-refractivity contribution is -0.144. The topological polar surface area (TPSA) is 179 Å². The Hall–Kier alpha value is -2.61. The van der Waals surface area contributed by atoms with Crippen LogP contribution >= 0.6 is 0 Å². The minimum atomic E-state index is -1.19. The summed E-state index contributed by atoms with van der Waals surface area (Å²) in [6.07, 6.45) is 0.485. The maximum atomic E-state index is 12.6. The third kappa shape index (κ3) is 21.2. The van der Waals surface area contributed by atoms with Gasteiger partial charge in [-0.1, -0.05) is 34.6 Å². The van der Waals surface area contributed by atoms with E-state index in [1.54, 1.807) is 13.8 Å². The standard InChI is InChI=1S/C27H49N3O10/c1-20(31)17-39-15-13-38-12-10-29-23(33)18-40-16-14-37-11-9-28-22(32)8-7-21(24(34)35)30-25(36)27(5,6)19-26(2,3)4/h21H,7-19H2,1-6H3,(H,28,32)(H,29,33)(H,30,36)(H,34,35)/t21-/m1/s1. The molecule has 13 heteroatoms. The molecular formula is C27H49N3O10. The fourth-order valence-electron chi connectivity index (χ4n) is 3.78. The second-order valence-electron chi connectivity index (χ2n) is 11.3. The number of hydrogen-bond donors (Lipinski definition) is 4. The average Bonchev–Trinajstić information content (AvgIpc) is 2.82. The van der Waals surface area contributed by atoms with E-state index in [2.05, 4.69) is 16.0 Å². The number of nitrogens with one attached hydrogen (secondary N) is 3. The Labute approximate surface area is 237 Å². The van der Waals surface area contributed by atoms with Gasteiger partial charge in [-0.3, -0.25) is 19.2 Å². The second-order valence-corrected chi connectivity index (χ2v) is 11.3. The number of aliphatic carboxylic acids is 1. The normalized spacial score (nSPS) is 12.4. The van der Waals surface area contributed by atoms with Gasteiger partial charge in [0.05, 0.1) is 39.6 Å². The van der Waals surface area contributed by atoms with E-state index in [1.165, 1.54) is 6.92 Å². The van der Waals surface area contributed by atoms with Crippen molar-refractivity contribution in [1.82, 2.24) is 16.0 Å². The van der Waals surface area contributed by atoms with Crippen LogP contribution in [0.3, 0.4) is 0 Å². The first-order valence-corrected chi connectivity index (χ1v) is 13.5. The Balaban J connectivity index is 3.88. The molecule has 0 unspecified atom stereocenters. The van der Waals surface area contributed by atoms with Crippen molar-refractivity contribution in [3.05, 3.63) is 0 Å². The van der Waals surface area contributed by atoms with Crippen molar-refractivity contribution in [2.45, 2.75) is 66.8 Å². The van der Waals surface area contributed by atoms with Gasteiger partial charge in [0, 0.05) is 24.9 Å². The van der Waals surface area contributed by atoms with Crippen molar-refractivity contribution < 1.29 is 48.0 Å². The zero-order valence-electron chi connectivity index (χ0n) is 24.9. The first kappa shape index (κ1) is 37.4. The third-order valence-corrected chi connectivity index (χ3v) is 5.27. The van der Waals surface area contributed by atoms with Gasteiger partial charge in [-0.2, -0.15) is 0 Å². The highest BCUT2D eigenvalue weighted by Gasteiger charge is 2.34. The molecule has 0 aliphatic rings. The fourth-order valence-corrected chi connectivity index (χ4v) is 3.78. The van der Waals surface area contributed by atoms with E-state index in [9.17, 15) is 29.1 Å². The molecule has 0 aromatic rings. The van der Waals surface area contributed by atoms with Gasteiger partial charge in [-0.25, -0.2) is 4.79 Å². The molecule has 0 rings (SSSR count). The summed E-state index contributed by atoms with van der Waals surface area (Å²) in [6.45, 7) is 13.1. The maximum Gasteiger partial charge on any atom is 0.326 e. The molecule has 4 N–H and O–H groups in total. The van der Waals surface area contributed by atoms with Gasteiger partial charge in [-0.15, -0.1) is 0 Å². The SMILES string of the molecule is CC(=O)COCCOCCNC(=O)COCCOCCNC(=O)CC[C@@H](NC(=O)C(C)(C)CC(C)(C)C)C(=O)O. The van der Waals surface area contributed by atoms with Gasteiger partial charge in [0.1, 0.15) is 19.3 Å². The summed E-state index contributed by atoms with van der Waals surface area (Å²) >= 11 is 0. The number of rotatable bonds is 23. The lowest BCUT2D eigenvalue weighted by Crippen LogP contribution is -2.48. The molecule has 0 aliphatic carbocycles. The maximum absolute atomic E-state index is 12.6. The van der Waals surface area contributed by atoms with Gasteiger partial charge < -0.3 is 40.0 Å². The number of hydrogen-bond acceptors (Lipinski definition) is 9. The van der Waals surface area contributed by atoms with Crippen LogP contribution in [0, 0.1) is 10.8 Å². The van der Waals surface area contributed by atoms with Gasteiger partial charge >= 0.3 is 5.97 Å². The molecule has 0 aliphatic heterocycles. The first-order chi connectivity index (χ1) is 18.6. The highest BCUT2D eigenvalue weighted by molar-refractivity contribution is 5.87. The van der Waals surface area contributed by atoms with E-state index < -0.39 is 17.4 Å². The van der Waals surface area contributed by atoms with Crippen molar-refractivity contribution in [2.75, 3.05) is 65.9 Å². The molecule has 13 nitrogen and oxygen atoms in total. The molecule has 1 atom stereocenters. The smallest absolute Gasteiger partial charge is 0.326 e. The zero-order valence-corrected chi connectivity index (χ0v) is 24.9. The van der Waals surface area contributed by atoms with Crippen LogP contribution in [-0.4, -0.2) is 107 Å². The Kier molecular flexibility index (Phi) is 19.0. The minimum absolute atomic E-state index is 0.0308. The summed E-state index contributed by atoms with van der Waals surface area (Å²) in [5.41, 5.74) is -0.851. The Bertz CT molecular complexity index is 796. The van der Waals surface area contributed by atoms with Crippen molar-refractivity contribution in [2.24, 2.45) is 10.8 Å². The predicted molar refractivity (Wildman–Crippen MR) is 147 cm³/mol. The van der Waals surface area contributed by atoms with Crippen LogP contribution in [0.4, 0.5) is 0 Å². The summed E-state index contributed by atoms with van der Waals surface area (Å²) in [5.74, 6) is -2.24. The molecule has 0 spiro atoms. The van der Waals surface area contributed by atoms with E-state index in [4.69, 9.17) is 18.9 Å². The number of carboxylic acids is 1. The molecule has 0 saturated heterocycles. The minimum Gasteiger partial charge on any atom is -0.480 e. The molecule has 0 heterocycles. The Morgan fingerprint density at radius 3 is 1.73 bits per heavy atom. The monoisotopic (exact) mass is 575 g/mol. The molecular weight excluding hydrogens is 526 g/mol. The van der Waals surface area contributed by atoms with E-state index in [0.29, 0.717) is 32.8 Å². The van der Waals surface area contributed by atoms with Gasteiger partial charge in [0.2, 0.25) is 17.7 Å². The molecule has 0 aromatic heterocycles. The lowest BCUT2D eigenvalue weighted by atomic mass is 9.75. The van der Waals surface area contributed by atoms with Crippen LogP contribution in [0.5, 0.6) is 0 Å². The van der Waals surface area contributed by atoms with Crippen molar-refractivity contribution in [3.63, 3.8) is 0 Å². The summed E-state index contributed by atoms with van der Waals surface area (Å²) in [4.78, 5) is 58.7. The van der Waals surface area contributed by atoms with Crippen molar-refractivity contribution in [1.29, 1.82) is 0 Å². The van der Waals surface area contributed by atoms with Crippen molar-refractivity contribution in [3.8, 4) is 0 Å². The van der Waals surface area contributed by atoms with Crippen LogP contribution in [0.2, 0.25) is 0 Å². The fraction of sp³-hybridized carbons (Fsp3) is 0.815. The van der Waals surface area contributed by atoms with Crippen LogP contribution in [-0.2, 0) is 42.9 Å². The van der Waals surface area contributed by atoms with Gasteiger partial charge in [0.25, 0.3) is 0 Å². The first-order valence-electron chi connectivity index (χ1n) is 13.5. The van der Waals surface area contributed by atoms with E-state index in [0.717, 1.165) is 0 Å². The van der Waals surface area contributed by atoms with E-state index in [-0.39, 0.29) is 81.3 Å². The molecule has 3 amide bonds. The number of ether oxygens (including phenoxy) is 4. The molecule has 0 aromatic carbocycles. The number of ketones is 1. The van der Waals surface area contributed by atoms with Crippen LogP contribution in [0.15, 0.2) is 0 Å². The number of Topliss-reactive ketones (excluding diaryl/α,β-unsaturated/α-hetero) is 1. The summed E-state index contributed by atoms with van der Waals surface area (Å²) in [5, 5.41) is 17.3. The molecule has 40 heavy (non-hydrogen) atoms. The second kappa shape index (κ2) is 20.3. The summed E-state index contributed by atoms with van der Waals surface area (Å²) < 4.78 is 20.9. The van der Waals surface area contributed by atoms with Crippen LogP contribution < -0.4 is 16.0 Å². The average molecular weight is 576 g/mol. The Morgan fingerprint density at radius 1 is 0.725 bits per heavy atom.